The lowest BCUT2D eigenvalue weighted by Crippen LogP contribution is -2.38. The van der Waals surface area contributed by atoms with Crippen molar-refractivity contribution in [3.8, 4) is 5.75 Å². The van der Waals surface area contributed by atoms with Crippen LogP contribution in [-0.4, -0.2) is 37.0 Å². The first-order valence-electron chi connectivity index (χ1n) is 8.09. The molecule has 0 radical (unpaired) electrons. The van der Waals surface area contributed by atoms with Crippen molar-refractivity contribution in [2.75, 3.05) is 20.1 Å². The molecule has 0 saturated carbocycles. The lowest BCUT2D eigenvalue weighted by molar-refractivity contribution is 0.0739. The number of ether oxygens (including phenoxy) is 1. The number of rotatable bonds is 5. The average molecular weight is 345 g/mol. The molecule has 1 fully saturated rings. The molecule has 1 unspecified atom stereocenters. The molecule has 2 aromatic rings. The van der Waals surface area contributed by atoms with Gasteiger partial charge < -0.3 is 15.0 Å². The van der Waals surface area contributed by atoms with Crippen LogP contribution < -0.4 is 10.1 Å². The van der Waals surface area contributed by atoms with Gasteiger partial charge in [0.25, 0.3) is 5.91 Å². The van der Waals surface area contributed by atoms with E-state index in [1.165, 1.54) is 0 Å². The van der Waals surface area contributed by atoms with Crippen LogP contribution >= 0.6 is 11.6 Å². The molecule has 1 atom stereocenters. The lowest BCUT2D eigenvalue weighted by Gasteiger charge is -2.24. The Kier molecular flexibility index (Phi) is 5.38. The van der Waals surface area contributed by atoms with Crippen molar-refractivity contribution in [3.63, 3.8) is 0 Å². The first-order valence-corrected chi connectivity index (χ1v) is 8.47. The molecule has 0 spiro atoms. The normalized spacial score (nSPS) is 16.8. The molecular formula is C19H21ClN2O2. The molecule has 24 heavy (non-hydrogen) atoms. The Morgan fingerprint density at radius 3 is 2.71 bits per heavy atom. The highest BCUT2D eigenvalue weighted by molar-refractivity contribution is 6.30. The Labute approximate surface area is 147 Å². The van der Waals surface area contributed by atoms with Crippen LogP contribution in [0.4, 0.5) is 0 Å². The second-order valence-corrected chi connectivity index (χ2v) is 6.41. The van der Waals surface area contributed by atoms with Crippen LogP contribution in [0.2, 0.25) is 5.02 Å². The molecule has 1 amide bonds. The monoisotopic (exact) mass is 344 g/mol. The summed E-state index contributed by atoms with van der Waals surface area (Å²) in [6.45, 7) is 2.20. The highest BCUT2D eigenvalue weighted by atomic mass is 35.5. The van der Waals surface area contributed by atoms with E-state index in [1.54, 1.807) is 0 Å². The van der Waals surface area contributed by atoms with Crippen molar-refractivity contribution >= 4 is 17.5 Å². The molecule has 1 N–H and O–H groups in total. The van der Waals surface area contributed by atoms with E-state index < -0.39 is 0 Å². The zero-order chi connectivity index (χ0) is 16.9. The van der Waals surface area contributed by atoms with Gasteiger partial charge in [-0.2, -0.15) is 0 Å². The molecule has 0 bridgehead atoms. The Bertz CT molecular complexity index is 697. The molecule has 1 aliphatic heterocycles. The first-order chi connectivity index (χ1) is 11.6. The largest absolute Gasteiger partial charge is 0.488 e. The minimum Gasteiger partial charge on any atom is -0.488 e. The molecule has 0 aliphatic carbocycles. The number of hydrogen-bond donors (Lipinski definition) is 1. The number of carbonyl (C=O) groups excluding carboxylic acids is 1. The van der Waals surface area contributed by atoms with E-state index in [1.807, 2.05) is 60.5 Å². The summed E-state index contributed by atoms with van der Waals surface area (Å²) in [7, 11) is 1.86. The third-order valence-electron chi connectivity index (χ3n) is 4.33. The van der Waals surface area contributed by atoms with Crippen molar-refractivity contribution in [1.82, 2.24) is 10.2 Å². The van der Waals surface area contributed by atoms with Crippen LogP contribution in [-0.2, 0) is 6.61 Å². The number of nitrogens with zero attached hydrogens (tertiary/aromatic N) is 1. The molecule has 3 rings (SSSR count). The number of para-hydroxylation sites is 1. The van der Waals surface area contributed by atoms with Gasteiger partial charge in [-0.25, -0.2) is 0 Å². The van der Waals surface area contributed by atoms with Gasteiger partial charge in [0.2, 0.25) is 0 Å². The molecular weight excluding hydrogens is 324 g/mol. The van der Waals surface area contributed by atoms with Gasteiger partial charge in [-0.05, 0) is 42.8 Å². The van der Waals surface area contributed by atoms with Gasteiger partial charge in [-0.3, -0.25) is 4.79 Å². The number of hydrogen-bond acceptors (Lipinski definition) is 3. The second-order valence-electron chi connectivity index (χ2n) is 5.97. The molecule has 4 nitrogen and oxygen atoms in total. The predicted octanol–water partition coefficient (Wildman–Crippen LogP) is 3.35. The summed E-state index contributed by atoms with van der Waals surface area (Å²) < 4.78 is 5.89. The zero-order valence-corrected chi connectivity index (χ0v) is 14.4. The maximum Gasteiger partial charge on any atom is 0.257 e. The molecule has 126 valence electrons. The summed E-state index contributed by atoms with van der Waals surface area (Å²) in [4.78, 5) is 14.6. The highest BCUT2D eigenvalue weighted by Gasteiger charge is 2.25. The predicted molar refractivity (Wildman–Crippen MR) is 95.6 cm³/mol. The number of benzene rings is 2. The second kappa shape index (κ2) is 7.69. The average Bonchev–Trinajstić information content (AvgIpc) is 3.15. The van der Waals surface area contributed by atoms with Crippen LogP contribution in [0, 0.1) is 0 Å². The molecule has 5 heteroatoms. The standard InChI is InChI=1S/C19H21ClN2O2/c1-22(16-10-11-21-12-16)19(23)17-4-2-3-5-18(17)24-13-14-6-8-15(20)9-7-14/h2-9,16,21H,10-13H2,1H3. The molecule has 1 heterocycles. The number of carbonyl (C=O) groups is 1. The van der Waals surface area contributed by atoms with Crippen molar-refractivity contribution in [2.24, 2.45) is 0 Å². The molecule has 0 aromatic heterocycles. The minimum absolute atomic E-state index is 0.00425. The van der Waals surface area contributed by atoms with Crippen LogP contribution in [0.15, 0.2) is 48.5 Å². The fourth-order valence-electron chi connectivity index (χ4n) is 2.84. The van der Waals surface area contributed by atoms with Crippen LogP contribution in [0.1, 0.15) is 22.3 Å². The Morgan fingerprint density at radius 2 is 2.00 bits per heavy atom. The molecule has 1 saturated heterocycles. The smallest absolute Gasteiger partial charge is 0.257 e. The van der Waals surface area contributed by atoms with Gasteiger partial charge in [0.1, 0.15) is 12.4 Å². The maximum absolute atomic E-state index is 12.8. The van der Waals surface area contributed by atoms with Crippen LogP contribution in [0.25, 0.3) is 0 Å². The van der Waals surface area contributed by atoms with E-state index in [0.29, 0.717) is 22.9 Å². The highest BCUT2D eigenvalue weighted by Crippen LogP contribution is 2.23. The summed E-state index contributed by atoms with van der Waals surface area (Å²) in [6, 6.07) is 15.1. The first kappa shape index (κ1) is 16.8. The van der Waals surface area contributed by atoms with Crippen molar-refractivity contribution in [1.29, 1.82) is 0 Å². The van der Waals surface area contributed by atoms with Gasteiger partial charge in [-0.1, -0.05) is 35.9 Å². The van der Waals surface area contributed by atoms with Crippen molar-refractivity contribution in [3.05, 3.63) is 64.7 Å². The van der Waals surface area contributed by atoms with Crippen LogP contribution in [0.3, 0.4) is 0 Å². The summed E-state index contributed by atoms with van der Waals surface area (Å²) in [5, 5.41) is 3.98. The van der Waals surface area contributed by atoms with E-state index >= 15 is 0 Å². The molecule has 1 aliphatic rings. The van der Waals surface area contributed by atoms with Gasteiger partial charge in [-0.15, -0.1) is 0 Å². The van der Waals surface area contributed by atoms with E-state index in [-0.39, 0.29) is 11.9 Å². The van der Waals surface area contributed by atoms with Gasteiger partial charge in [0.15, 0.2) is 0 Å². The summed E-state index contributed by atoms with van der Waals surface area (Å²) in [5.74, 6) is 0.602. The number of amides is 1. The SMILES string of the molecule is CN(C(=O)c1ccccc1OCc1ccc(Cl)cc1)C1CCNC1. The van der Waals surface area contributed by atoms with Crippen molar-refractivity contribution in [2.45, 2.75) is 19.1 Å². The lowest BCUT2D eigenvalue weighted by atomic mass is 10.1. The van der Waals surface area contributed by atoms with Crippen LogP contribution in [0.5, 0.6) is 5.75 Å². The number of nitrogens with one attached hydrogen (secondary N) is 1. The molecule has 2 aromatic carbocycles. The fraction of sp³-hybridized carbons (Fsp3) is 0.316. The van der Waals surface area contributed by atoms with E-state index in [9.17, 15) is 4.79 Å². The maximum atomic E-state index is 12.8. The zero-order valence-electron chi connectivity index (χ0n) is 13.7. The van der Waals surface area contributed by atoms with Gasteiger partial charge in [0, 0.05) is 24.7 Å². The third-order valence-corrected chi connectivity index (χ3v) is 4.58. The number of halogens is 1. The fourth-order valence-corrected chi connectivity index (χ4v) is 2.96. The topological polar surface area (TPSA) is 41.6 Å². The van der Waals surface area contributed by atoms with Crippen molar-refractivity contribution < 1.29 is 9.53 Å². The van der Waals surface area contributed by atoms with Gasteiger partial charge in [0.05, 0.1) is 5.56 Å². The van der Waals surface area contributed by atoms with E-state index in [4.69, 9.17) is 16.3 Å². The Balaban J connectivity index is 1.72. The summed E-state index contributed by atoms with van der Waals surface area (Å²) in [5.41, 5.74) is 1.61. The third kappa shape index (κ3) is 3.89. The Morgan fingerprint density at radius 1 is 1.25 bits per heavy atom. The Hall–Kier alpha value is -2.04. The van der Waals surface area contributed by atoms with E-state index in [0.717, 1.165) is 25.1 Å². The summed E-state index contributed by atoms with van der Waals surface area (Å²) >= 11 is 5.90. The van der Waals surface area contributed by atoms with E-state index in [2.05, 4.69) is 5.32 Å². The number of likely N-dealkylation sites (N-methyl/N-ethyl adjacent to an activating group) is 1. The minimum atomic E-state index is -0.00425. The summed E-state index contributed by atoms with van der Waals surface area (Å²) in [6.07, 6.45) is 0.982. The quantitative estimate of drug-likeness (QED) is 0.904. The van der Waals surface area contributed by atoms with Gasteiger partial charge >= 0.3 is 0 Å².